The van der Waals surface area contributed by atoms with Gasteiger partial charge >= 0.3 is 0 Å². The fraction of sp³-hybridized carbons (Fsp3) is 0.647. The fourth-order valence-electron chi connectivity index (χ4n) is 2.19. The van der Waals surface area contributed by atoms with E-state index in [0.717, 1.165) is 5.56 Å². The Balaban J connectivity index is 2.17. The SMILES string of the molecule is Cc1ccc([C@@H]2O[C@H]2[C@@H](O[Si](C)(C)C(C)(C)C)C(Cl)(Cl)Cl)cc1. The first kappa shape index (κ1) is 19.6. The predicted octanol–water partition coefficient (Wildman–Crippen LogP) is 6.20. The standard InChI is InChI=1S/C17H25Cl3O2Si/c1-11-7-9-12(10-8-11)13-14(21-13)15(17(18,19)20)22-23(5,6)16(2,3)4/h7-10,13-15H,1-6H3/t13-,14+,15+/m0/s1. The van der Waals surface area contributed by atoms with Gasteiger partial charge in [-0.25, -0.2) is 0 Å². The van der Waals surface area contributed by atoms with Gasteiger partial charge in [0.05, 0.1) is 0 Å². The molecule has 1 aliphatic rings. The van der Waals surface area contributed by atoms with E-state index in [0.29, 0.717) is 0 Å². The molecular weight excluding hydrogens is 371 g/mol. The van der Waals surface area contributed by atoms with Crippen molar-refractivity contribution in [2.24, 2.45) is 0 Å². The monoisotopic (exact) mass is 394 g/mol. The van der Waals surface area contributed by atoms with Crippen LogP contribution in [0.5, 0.6) is 0 Å². The van der Waals surface area contributed by atoms with Gasteiger partial charge in [0.1, 0.15) is 18.3 Å². The van der Waals surface area contributed by atoms with Crippen molar-refractivity contribution in [3.8, 4) is 0 Å². The Morgan fingerprint density at radius 2 is 1.61 bits per heavy atom. The quantitative estimate of drug-likeness (QED) is 0.344. The molecule has 3 atom stereocenters. The van der Waals surface area contributed by atoms with Crippen LogP contribution >= 0.6 is 34.8 Å². The van der Waals surface area contributed by atoms with Crippen LogP contribution in [0.3, 0.4) is 0 Å². The van der Waals surface area contributed by atoms with Crippen LogP contribution in [0.4, 0.5) is 0 Å². The molecule has 6 heteroatoms. The zero-order valence-corrected chi connectivity index (χ0v) is 17.8. The average molecular weight is 396 g/mol. The number of aryl methyl sites for hydroxylation is 1. The summed E-state index contributed by atoms with van der Waals surface area (Å²) in [6, 6.07) is 8.24. The zero-order valence-electron chi connectivity index (χ0n) is 14.5. The Morgan fingerprint density at radius 1 is 1.09 bits per heavy atom. The van der Waals surface area contributed by atoms with Gasteiger partial charge < -0.3 is 9.16 Å². The number of alkyl halides is 3. The molecule has 130 valence electrons. The van der Waals surface area contributed by atoms with Gasteiger partial charge in [0.15, 0.2) is 8.32 Å². The third-order valence-electron chi connectivity index (χ3n) is 4.78. The van der Waals surface area contributed by atoms with Crippen LogP contribution in [-0.4, -0.2) is 24.3 Å². The van der Waals surface area contributed by atoms with E-state index in [-0.39, 0.29) is 17.2 Å². The van der Waals surface area contributed by atoms with E-state index < -0.39 is 18.2 Å². The number of hydrogen-bond acceptors (Lipinski definition) is 2. The summed E-state index contributed by atoms with van der Waals surface area (Å²) in [7, 11) is -2.07. The molecule has 1 fully saturated rings. The molecular formula is C17H25Cl3O2Si. The number of halogens is 3. The Bertz CT molecular complexity index is 546. The maximum Gasteiger partial charge on any atom is 0.217 e. The molecule has 0 N–H and O–H groups in total. The predicted molar refractivity (Wildman–Crippen MR) is 101 cm³/mol. The zero-order chi connectivity index (χ0) is 17.6. The Hall–Kier alpha value is 0.227. The molecule has 2 nitrogen and oxygen atoms in total. The lowest BCUT2D eigenvalue weighted by Crippen LogP contribution is -2.49. The van der Waals surface area contributed by atoms with E-state index >= 15 is 0 Å². The summed E-state index contributed by atoms with van der Waals surface area (Å²) in [5, 5.41) is 0.0371. The molecule has 1 saturated heterocycles. The van der Waals surface area contributed by atoms with E-state index in [1.807, 2.05) is 0 Å². The second kappa shape index (κ2) is 6.51. The van der Waals surface area contributed by atoms with Crippen molar-refractivity contribution in [2.45, 2.75) is 67.9 Å². The smallest absolute Gasteiger partial charge is 0.217 e. The molecule has 0 aliphatic carbocycles. The molecule has 0 radical (unpaired) electrons. The summed E-state index contributed by atoms with van der Waals surface area (Å²) in [4.78, 5) is 0. The van der Waals surface area contributed by atoms with Crippen molar-refractivity contribution < 1.29 is 9.16 Å². The summed E-state index contributed by atoms with van der Waals surface area (Å²) < 4.78 is 10.7. The maximum absolute atomic E-state index is 6.38. The lowest BCUT2D eigenvalue weighted by Gasteiger charge is -2.40. The molecule has 1 aliphatic heterocycles. The Morgan fingerprint density at radius 3 is 2.04 bits per heavy atom. The van der Waals surface area contributed by atoms with Crippen molar-refractivity contribution in [1.29, 1.82) is 0 Å². The summed E-state index contributed by atoms with van der Waals surface area (Å²) in [5.74, 6) is 0. The van der Waals surface area contributed by atoms with Crippen molar-refractivity contribution in [1.82, 2.24) is 0 Å². The summed E-state index contributed by atoms with van der Waals surface area (Å²) in [6.07, 6.45) is -0.861. The highest BCUT2D eigenvalue weighted by molar-refractivity contribution is 6.74. The topological polar surface area (TPSA) is 21.8 Å². The molecule has 0 aromatic heterocycles. The van der Waals surface area contributed by atoms with Crippen LogP contribution in [0, 0.1) is 6.92 Å². The van der Waals surface area contributed by atoms with E-state index in [1.54, 1.807) is 0 Å². The first-order chi connectivity index (χ1) is 10.3. The van der Waals surface area contributed by atoms with Crippen LogP contribution in [0.2, 0.25) is 18.1 Å². The highest BCUT2D eigenvalue weighted by Crippen LogP contribution is 2.51. The van der Waals surface area contributed by atoms with Gasteiger partial charge in [-0.2, -0.15) is 0 Å². The van der Waals surface area contributed by atoms with E-state index in [9.17, 15) is 0 Å². The van der Waals surface area contributed by atoms with Crippen LogP contribution in [-0.2, 0) is 9.16 Å². The van der Waals surface area contributed by atoms with E-state index in [4.69, 9.17) is 44.0 Å². The molecule has 1 heterocycles. The minimum absolute atomic E-state index is 0.0371. The second-order valence-corrected chi connectivity index (χ2v) is 14.9. The van der Waals surface area contributed by atoms with Gasteiger partial charge in [-0.1, -0.05) is 85.4 Å². The Labute approximate surface area is 155 Å². The molecule has 2 rings (SSSR count). The van der Waals surface area contributed by atoms with E-state index in [2.05, 4.69) is 65.1 Å². The lowest BCUT2D eigenvalue weighted by molar-refractivity contribution is 0.145. The van der Waals surface area contributed by atoms with Crippen molar-refractivity contribution in [2.75, 3.05) is 0 Å². The van der Waals surface area contributed by atoms with Crippen molar-refractivity contribution >= 4 is 43.1 Å². The number of epoxide rings is 1. The molecule has 0 saturated carbocycles. The first-order valence-corrected chi connectivity index (χ1v) is 11.8. The lowest BCUT2D eigenvalue weighted by atomic mass is 10.1. The van der Waals surface area contributed by atoms with E-state index in [1.165, 1.54) is 5.56 Å². The maximum atomic E-state index is 6.38. The molecule has 1 aromatic rings. The molecule has 0 amide bonds. The van der Waals surface area contributed by atoms with Gasteiger partial charge in [0.25, 0.3) is 0 Å². The number of benzene rings is 1. The summed E-state index contributed by atoms with van der Waals surface area (Å²) in [6.45, 7) is 12.9. The number of ether oxygens (including phenoxy) is 1. The minimum atomic E-state index is -2.07. The van der Waals surface area contributed by atoms with Gasteiger partial charge in [-0.05, 0) is 30.6 Å². The fourth-order valence-corrected chi connectivity index (χ4v) is 4.22. The summed E-state index contributed by atoms with van der Waals surface area (Å²) in [5.41, 5.74) is 2.31. The normalized spacial score (nSPS) is 23.7. The second-order valence-electron chi connectivity index (χ2n) is 7.77. The van der Waals surface area contributed by atoms with Crippen molar-refractivity contribution in [3.05, 3.63) is 35.4 Å². The van der Waals surface area contributed by atoms with Crippen LogP contribution in [0.1, 0.15) is 38.0 Å². The van der Waals surface area contributed by atoms with Gasteiger partial charge in [-0.15, -0.1) is 0 Å². The first-order valence-electron chi connectivity index (χ1n) is 7.79. The molecule has 0 spiro atoms. The van der Waals surface area contributed by atoms with Crippen LogP contribution < -0.4 is 0 Å². The van der Waals surface area contributed by atoms with Crippen molar-refractivity contribution in [3.63, 3.8) is 0 Å². The van der Waals surface area contributed by atoms with Gasteiger partial charge in [-0.3, -0.25) is 0 Å². The molecule has 1 aromatic carbocycles. The molecule has 0 unspecified atom stereocenters. The van der Waals surface area contributed by atoms with Gasteiger partial charge in [0.2, 0.25) is 3.79 Å². The van der Waals surface area contributed by atoms with Crippen LogP contribution in [0.15, 0.2) is 24.3 Å². The van der Waals surface area contributed by atoms with Gasteiger partial charge in [0, 0.05) is 0 Å². The number of hydrogen-bond donors (Lipinski definition) is 0. The average Bonchev–Trinajstić information content (AvgIpc) is 3.14. The minimum Gasteiger partial charge on any atom is -0.407 e. The van der Waals surface area contributed by atoms with Crippen LogP contribution in [0.25, 0.3) is 0 Å². The molecule has 0 bridgehead atoms. The largest absolute Gasteiger partial charge is 0.407 e. The third kappa shape index (κ3) is 4.65. The molecule has 23 heavy (non-hydrogen) atoms. The highest BCUT2D eigenvalue weighted by atomic mass is 35.6. The highest BCUT2D eigenvalue weighted by Gasteiger charge is 2.56. The number of rotatable bonds is 4. The third-order valence-corrected chi connectivity index (χ3v) is 9.88. The summed E-state index contributed by atoms with van der Waals surface area (Å²) >= 11 is 18.6. The Kier molecular flexibility index (Phi) is 5.53.